The van der Waals surface area contributed by atoms with E-state index in [1.54, 1.807) is 0 Å². The highest BCUT2D eigenvalue weighted by Crippen LogP contribution is 2.34. The van der Waals surface area contributed by atoms with Crippen molar-refractivity contribution in [3.63, 3.8) is 0 Å². The normalized spacial score (nSPS) is 10.9. The zero-order valence-electron chi connectivity index (χ0n) is 18.1. The monoisotopic (exact) mass is 556 g/mol. The van der Waals surface area contributed by atoms with Crippen LogP contribution in [0.4, 0.5) is 0 Å². The maximum Gasteiger partial charge on any atom is 0.338 e. The number of benzene rings is 3. The number of hydrogen-bond donors (Lipinski definition) is 2. The lowest BCUT2D eigenvalue weighted by Crippen LogP contribution is -2.22. The zero-order valence-corrected chi connectivity index (χ0v) is 21.2. The van der Waals surface area contributed by atoms with Crippen molar-refractivity contribution < 1.29 is 29.3 Å². The summed E-state index contributed by atoms with van der Waals surface area (Å²) in [6.45, 7) is -0.0989. The van der Waals surface area contributed by atoms with Gasteiger partial charge >= 0.3 is 11.9 Å². The Kier molecular flexibility index (Phi) is 9.52. The number of phenols is 2. The summed E-state index contributed by atoms with van der Waals surface area (Å²) < 4.78 is 10.8. The molecule has 184 valence electrons. The van der Waals surface area contributed by atoms with Crippen LogP contribution in [0.15, 0.2) is 54.6 Å². The van der Waals surface area contributed by atoms with Crippen LogP contribution in [0, 0.1) is 5.92 Å². The molecule has 10 heteroatoms. The highest BCUT2D eigenvalue weighted by molar-refractivity contribution is 6.38. The number of aromatic hydroxyl groups is 2. The number of esters is 2. The molecule has 0 saturated heterocycles. The summed E-state index contributed by atoms with van der Waals surface area (Å²) in [5, 5.41) is 19.0. The lowest BCUT2D eigenvalue weighted by Gasteiger charge is -2.18. The quantitative estimate of drug-likeness (QED) is 0.276. The van der Waals surface area contributed by atoms with E-state index in [1.807, 2.05) is 30.3 Å². The van der Waals surface area contributed by atoms with Gasteiger partial charge in [0.15, 0.2) is 11.5 Å². The fourth-order valence-corrected chi connectivity index (χ4v) is 4.12. The van der Waals surface area contributed by atoms with Gasteiger partial charge in [0.05, 0.1) is 44.4 Å². The maximum atomic E-state index is 12.5. The average Bonchev–Trinajstić information content (AvgIpc) is 2.84. The van der Waals surface area contributed by atoms with E-state index in [4.69, 9.17) is 55.9 Å². The Morgan fingerprint density at radius 1 is 0.714 bits per heavy atom. The van der Waals surface area contributed by atoms with E-state index in [1.165, 1.54) is 24.3 Å². The van der Waals surface area contributed by atoms with Crippen molar-refractivity contribution in [1.82, 2.24) is 0 Å². The van der Waals surface area contributed by atoms with Crippen LogP contribution in [0.1, 0.15) is 32.7 Å². The minimum absolute atomic E-state index is 0.0495. The van der Waals surface area contributed by atoms with Gasteiger partial charge in [0.1, 0.15) is 0 Å². The highest BCUT2D eigenvalue weighted by atomic mass is 35.5. The average molecular weight is 558 g/mol. The van der Waals surface area contributed by atoms with E-state index in [2.05, 4.69) is 0 Å². The molecule has 0 saturated carbocycles. The Bertz CT molecular complexity index is 1100. The lowest BCUT2D eigenvalue weighted by molar-refractivity contribution is 0.0247. The smallest absolute Gasteiger partial charge is 0.338 e. The summed E-state index contributed by atoms with van der Waals surface area (Å²) in [5.74, 6) is -2.38. The molecule has 3 aromatic rings. The number of rotatable bonds is 9. The van der Waals surface area contributed by atoms with Crippen molar-refractivity contribution in [2.24, 2.45) is 5.92 Å². The van der Waals surface area contributed by atoms with Gasteiger partial charge in [-0.25, -0.2) is 9.59 Å². The van der Waals surface area contributed by atoms with Gasteiger partial charge in [-0.05, 0) is 42.7 Å². The van der Waals surface area contributed by atoms with Crippen molar-refractivity contribution in [2.45, 2.75) is 12.8 Å². The van der Waals surface area contributed by atoms with Crippen LogP contribution in [0.5, 0.6) is 11.5 Å². The first kappa shape index (κ1) is 27.0. The second-order valence-electron chi connectivity index (χ2n) is 7.66. The Hall–Kier alpha value is -2.64. The van der Waals surface area contributed by atoms with E-state index in [-0.39, 0.29) is 61.8 Å². The summed E-state index contributed by atoms with van der Waals surface area (Å²) in [6, 6.07) is 14.7. The lowest BCUT2D eigenvalue weighted by atomic mass is 10.0. The molecule has 3 rings (SSSR count). The van der Waals surface area contributed by atoms with Crippen LogP contribution >= 0.6 is 46.4 Å². The Morgan fingerprint density at radius 2 is 1.11 bits per heavy atom. The van der Waals surface area contributed by atoms with Crippen LogP contribution in [0.3, 0.4) is 0 Å². The van der Waals surface area contributed by atoms with Crippen LogP contribution in [0.2, 0.25) is 20.1 Å². The molecule has 0 radical (unpaired) electrons. The third kappa shape index (κ3) is 7.42. The fourth-order valence-electron chi connectivity index (χ4n) is 3.15. The Balaban J connectivity index is 1.67. The van der Waals surface area contributed by atoms with Crippen molar-refractivity contribution in [3.8, 4) is 11.5 Å². The first-order valence-corrected chi connectivity index (χ1v) is 11.9. The molecule has 0 amide bonds. The van der Waals surface area contributed by atoms with Gasteiger partial charge < -0.3 is 19.7 Å². The molecule has 0 aliphatic heterocycles. The predicted octanol–water partition coefficient (Wildman–Crippen LogP) is 6.97. The van der Waals surface area contributed by atoms with E-state index in [0.717, 1.165) is 5.56 Å². The molecule has 0 aromatic heterocycles. The summed E-state index contributed by atoms with van der Waals surface area (Å²) in [6.07, 6.45) is 1.22. The zero-order chi connectivity index (χ0) is 25.5. The molecular formula is C25H20Cl4O6. The first-order chi connectivity index (χ1) is 16.7. The minimum atomic E-state index is -0.693. The molecule has 0 heterocycles. The number of carbonyl (C=O) groups excluding carboxylic acids is 2. The highest BCUT2D eigenvalue weighted by Gasteiger charge is 2.20. The fraction of sp³-hybridized carbons (Fsp3) is 0.200. The topological polar surface area (TPSA) is 93.1 Å². The Morgan fingerprint density at radius 3 is 1.51 bits per heavy atom. The third-order valence-corrected chi connectivity index (χ3v) is 6.24. The van der Waals surface area contributed by atoms with E-state index >= 15 is 0 Å². The van der Waals surface area contributed by atoms with Crippen molar-refractivity contribution in [2.75, 3.05) is 13.2 Å². The summed E-state index contributed by atoms with van der Waals surface area (Å²) >= 11 is 23.5. The van der Waals surface area contributed by atoms with Crippen LogP contribution in [-0.2, 0) is 15.9 Å². The standard InChI is InChI=1S/C25H20Cl4O6/c26-18-8-16(9-19(27)22(18)30)24(32)34-12-15(7-6-14-4-2-1-3-5-14)13-35-25(33)17-10-20(28)23(31)21(29)11-17/h1-5,8-11,15,30-31H,6-7,12-13H2. The van der Waals surface area contributed by atoms with Crippen molar-refractivity contribution in [3.05, 3.63) is 91.4 Å². The van der Waals surface area contributed by atoms with Gasteiger partial charge in [0.25, 0.3) is 0 Å². The van der Waals surface area contributed by atoms with Crippen LogP contribution in [0.25, 0.3) is 0 Å². The molecule has 0 bridgehead atoms. The predicted molar refractivity (Wildman–Crippen MR) is 135 cm³/mol. The number of hydrogen-bond acceptors (Lipinski definition) is 6. The van der Waals surface area contributed by atoms with Crippen molar-refractivity contribution >= 4 is 58.3 Å². The molecular weight excluding hydrogens is 538 g/mol. The van der Waals surface area contributed by atoms with E-state index in [9.17, 15) is 19.8 Å². The van der Waals surface area contributed by atoms with Gasteiger partial charge in [-0.15, -0.1) is 0 Å². The van der Waals surface area contributed by atoms with Crippen molar-refractivity contribution in [1.29, 1.82) is 0 Å². The SMILES string of the molecule is O=C(OCC(CCc1ccccc1)COC(=O)c1cc(Cl)c(O)c(Cl)c1)c1cc(Cl)c(O)c(Cl)c1. The molecule has 0 spiro atoms. The molecule has 6 nitrogen and oxygen atoms in total. The molecule has 0 aliphatic rings. The maximum absolute atomic E-state index is 12.5. The first-order valence-electron chi connectivity index (χ1n) is 10.4. The van der Waals surface area contributed by atoms with Gasteiger partial charge in [0, 0.05) is 5.92 Å². The third-order valence-electron chi connectivity index (χ3n) is 5.09. The number of carbonyl (C=O) groups is 2. The van der Waals surface area contributed by atoms with Crippen LogP contribution < -0.4 is 0 Å². The summed E-state index contributed by atoms with van der Waals surface area (Å²) in [4.78, 5) is 25.0. The minimum Gasteiger partial charge on any atom is -0.505 e. The van der Waals surface area contributed by atoms with Gasteiger partial charge in [0.2, 0.25) is 0 Å². The second kappa shape index (κ2) is 12.4. The summed E-state index contributed by atoms with van der Waals surface area (Å²) in [7, 11) is 0. The Labute approximate surface area is 221 Å². The second-order valence-corrected chi connectivity index (χ2v) is 9.29. The summed E-state index contributed by atoms with van der Waals surface area (Å²) in [5.41, 5.74) is 1.22. The molecule has 0 atom stereocenters. The number of aryl methyl sites for hydroxylation is 1. The van der Waals surface area contributed by atoms with Crippen LogP contribution in [-0.4, -0.2) is 35.4 Å². The van der Waals surface area contributed by atoms with E-state index in [0.29, 0.717) is 12.8 Å². The molecule has 0 unspecified atom stereocenters. The van der Waals surface area contributed by atoms with E-state index < -0.39 is 11.9 Å². The molecule has 0 aliphatic carbocycles. The van der Waals surface area contributed by atoms with Gasteiger partial charge in [-0.1, -0.05) is 76.7 Å². The number of phenolic OH excluding ortho intramolecular Hbond substituents is 2. The number of ether oxygens (including phenoxy) is 2. The largest absolute Gasteiger partial charge is 0.505 e. The molecule has 35 heavy (non-hydrogen) atoms. The molecule has 3 aromatic carbocycles. The number of halogens is 4. The van der Waals surface area contributed by atoms with Gasteiger partial charge in [-0.2, -0.15) is 0 Å². The molecule has 2 N–H and O–H groups in total. The molecule has 0 fully saturated rings. The van der Waals surface area contributed by atoms with Gasteiger partial charge in [-0.3, -0.25) is 0 Å².